The molecule has 0 spiro atoms. The molecule has 9 unspecified atom stereocenters. The predicted octanol–water partition coefficient (Wildman–Crippen LogP) is 6.55. The highest BCUT2D eigenvalue weighted by Gasteiger charge is 2.53. The van der Waals surface area contributed by atoms with Gasteiger partial charge in [-0.1, -0.05) is 87.9 Å². The Morgan fingerprint density at radius 1 is 0.875 bits per heavy atom. The number of allylic oxidation sites excluding steroid dienone is 5. The number of carbonyl (C=O) groups excluding carboxylic acids is 4. The van der Waals surface area contributed by atoms with Crippen molar-refractivity contribution in [2.45, 2.75) is 186 Å². The lowest BCUT2D eigenvalue weighted by Gasteiger charge is -2.44. The molecule has 1 amide bonds. The summed E-state index contributed by atoms with van der Waals surface area (Å²) in [6, 6.07) is 7.65. The van der Waals surface area contributed by atoms with Crippen molar-refractivity contribution < 1.29 is 58.6 Å². The summed E-state index contributed by atoms with van der Waals surface area (Å²) in [7, 11) is 3.00. The van der Waals surface area contributed by atoms with Crippen LogP contribution in [0.1, 0.15) is 125 Å². The van der Waals surface area contributed by atoms with Crippen LogP contribution in [-0.2, 0) is 38.1 Å². The number of nitrogens with two attached hydrogens (primary N) is 1. The highest BCUT2D eigenvalue weighted by atomic mass is 16.6. The Bertz CT molecular complexity index is 2040. The van der Waals surface area contributed by atoms with Crippen LogP contribution in [0.4, 0.5) is 5.69 Å². The van der Waals surface area contributed by atoms with Gasteiger partial charge in [-0.2, -0.15) is 0 Å². The molecule has 3 aliphatic heterocycles. The maximum Gasteiger partial charge on any atom is 0.329 e. The quantitative estimate of drug-likeness (QED) is 0.101. The second kappa shape index (κ2) is 28.0. The average molecular weight is 1010 g/mol. The number of fused-ring (bicyclic) bond motifs is 3. The van der Waals surface area contributed by atoms with Gasteiger partial charge in [-0.3, -0.25) is 14.4 Å². The molecule has 5 rings (SSSR count). The third kappa shape index (κ3) is 15.5. The standard InChI is InChI=1S/C57H87N3O12/c1-36-17-11-9-12-18-37(2)47(59(29-30-61)44-19-13-10-14-20-44)35-45-25-22-41(6)57(68,72-45)54(65)55(66)60-28-16-15-21-46(60)56(67)71-49(38(3)32-42-23-26-48(62)50(34-42)69-7)27-24-43(58)33-40(5)52(64)53(70-8)51(63)39(4)31-36/h9-14,17-20,33,36,38-39,41-43,45-50,52-53,61-62,64,68H,15-16,21-32,34-35,58H2,1-8H3/b12-9+,17-11+,37-18+,40-33+/t36-,38-,39?,41?,42?,43+,45?,46?,47?,48-,49+,50?,52?,53+,57?/m1/s1. The molecule has 1 aromatic rings. The second-order valence-corrected chi connectivity index (χ2v) is 21.4. The van der Waals surface area contributed by atoms with Gasteiger partial charge in [0.25, 0.3) is 11.7 Å². The maximum atomic E-state index is 14.6. The largest absolute Gasteiger partial charge is 0.461 e. The summed E-state index contributed by atoms with van der Waals surface area (Å²) in [5.41, 5.74) is 8.98. The number of esters is 1. The Balaban J connectivity index is 1.51. The molecule has 2 bridgehead atoms. The molecule has 402 valence electrons. The van der Waals surface area contributed by atoms with E-state index in [1.165, 1.54) is 12.0 Å². The van der Waals surface area contributed by atoms with Crippen molar-refractivity contribution in [3.05, 3.63) is 77.9 Å². The van der Waals surface area contributed by atoms with Crippen LogP contribution in [0, 0.1) is 29.6 Å². The highest BCUT2D eigenvalue weighted by Crippen LogP contribution is 2.38. The van der Waals surface area contributed by atoms with Crippen molar-refractivity contribution in [2.75, 3.05) is 38.8 Å². The molecule has 1 aromatic carbocycles. The van der Waals surface area contributed by atoms with Crippen LogP contribution in [0.25, 0.3) is 0 Å². The van der Waals surface area contributed by atoms with Crippen LogP contribution in [-0.4, -0.2) is 143 Å². The summed E-state index contributed by atoms with van der Waals surface area (Å²) in [6.07, 6.45) is 13.5. The Labute approximate surface area is 428 Å². The summed E-state index contributed by atoms with van der Waals surface area (Å²) in [5.74, 6) is -6.58. The Kier molecular flexibility index (Phi) is 22.9. The summed E-state index contributed by atoms with van der Waals surface area (Å²) in [5, 5.41) is 44.7. The minimum Gasteiger partial charge on any atom is -0.461 e. The van der Waals surface area contributed by atoms with E-state index in [4.69, 9.17) is 24.7 Å². The fourth-order valence-electron chi connectivity index (χ4n) is 11.4. The molecule has 3 heterocycles. The molecule has 4 aliphatic rings. The van der Waals surface area contributed by atoms with Crippen LogP contribution >= 0.6 is 0 Å². The SMILES string of the molecule is COC1CC(C[C@@H](C)[C@@H]2CC[C@H](N)/C=C(\C)C(O)[C@@H](OC)C(=O)C(C)C[C@H](C)/C=C/C=C/C=C(\C)C(N(CCO)c3ccccc3)CC3CCC(C)C(O)(O3)C(=O)C(=O)N3CCCCC3C(=O)O2)CC[C@H]1O. The van der Waals surface area contributed by atoms with Crippen molar-refractivity contribution >= 4 is 29.1 Å². The van der Waals surface area contributed by atoms with E-state index in [-0.39, 0.29) is 61.8 Å². The predicted molar refractivity (Wildman–Crippen MR) is 277 cm³/mol. The molecule has 72 heavy (non-hydrogen) atoms. The van der Waals surface area contributed by atoms with Crippen LogP contribution in [0.15, 0.2) is 77.9 Å². The number of ether oxygens (including phenoxy) is 4. The number of carbonyl (C=O) groups is 4. The van der Waals surface area contributed by atoms with Crippen LogP contribution in [0.2, 0.25) is 0 Å². The first-order valence-electron chi connectivity index (χ1n) is 26.6. The molecule has 0 radical (unpaired) electrons. The molecular formula is C57H87N3O12. The number of piperidine rings is 1. The molecule has 15 atom stereocenters. The van der Waals surface area contributed by atoms with Gasteiger partial charge in [0.2, 0.25) is 5.79 Å². The number of amides is 1. The van der Waals surface area contributed by atoms with Gasteiger partial charge >= 0.3 is 5.97 Å². The number of anilines is 1. The number of aliphatic hydroxyl groups excluding tert-OH is 3. The zero-order valence-corrected chi connectivity index (χ0v) is 44.3. The minimum absolute atomic E-state index is 0.00999. The molecule has 6 N–H and O–H groups in total. The van der Waals surface area contributed by atoms with Crippen molar-refractivity contribution in [2.24, 2.45) is 35.3 Å². The van der Waals surface area contributed by atoms with Crippen LogP contribution < -0.4 is 10.6 Å². The lowest BCUT2D eigenvalue weighted by Crippen LogP contribution is -2.61. The Hall–Kier alpha value is -4.06. The van der Waals surface area contributed by atoms with E-state index >= 15 is 0 Å². The Morgan fingerprint density at radius 3 is 2.31 bits per heavy atom. The van der Waals surface area contributed by atoms with E-state index in [2.05, 4.69) is 4.90 Å². The van der Waals surface area contributed by atoms with Crippen molar-refractivity contribution in [1.29, 1.82) is 0 Å². The van der Waals surface area contributed by atoms with Crippen LogP contribution in [0.5, 0.6) is 0 Å². The molecule has 3 fully saturated rings. The minimum atomic E-state index is -2.46. The third-order valence-corrected chi connectivity index (χ3v) is 15.9. The summed E-state index contributed by atoms with van der Waals surface area (Å²) in [6.45, 7) is 11.5. The number of para-hydroxylation sites is 1. The number of cyclic esters (lactones) is 1. The first-order valence-corrected chi connectivity index (χ1v) is 26.6. The summed E-state index contributed by atoms with van der Waals surface area (Å²) >= 11 is 0. The van der Waals surface area contributed by atoms with E-state index in [1.54, 1.807) is 27.0 Å². The zero-order valence-electron chi connectivity index (χ0n) is 44.3. The number of methoxy groups -OCH3 is 2. The summed E-state index contributed by atoms with van der Waals surface area (Å²) < 4.78 is 24.1. The van der Waals surface area contributed by atoms with E-state index in [0.717, 1.165) is 17.7 Å². The topological polar surface area (TPSA) is 219 Å². The van der Waals surface area contributed by atoms with Gasteiger partial charge in [0.15, 0.2) is 5.78 Å². The molecule has 0 aromatic heterocycles. The normalized spacial score (nSPS) is 37.5. The van der Waals surface area contributed by atoms with E-state index < -0.39 is 77.9 Å². The smallest absolute Gasteiger partial charge is 0.329 e. The molecular weight excluding hydrogens is 919 g/mol. The third-order valence-electron chi connectivity index (χ3n) is 15.9. The number of hydrogen-bond donors (Lipinski definition) is 5. The molecule has 15 heteroatoms. The van der Waals surface area contributed by atoms with Gasteiger partial charge in [0.05, 0.1) is 31.0 Å². The van der Waals surface area contributed by atoms with Gasteiger partial charge in [0.1, 0.15) is 24.4 Å². The van der Waals surface area contributed by atoms with Gasteiger partial charge < -0.3 is 54.9 Å². The van der Waals surface area contributed by atoms with Crippen LogP contribution in [0.3, 0.4) is 0 Å². The first kappa shape index (κ1) is 58.8. The lowest BCUT2D eigenvalue weighted by molar-refractivity contribution is -0.263. The van der Waals surface area contributed by atoms with Gasteiger partial charge in [-0.25, -0.2) is 4.79 Å². The number of Topliss-reactive ketones (excluding diaryl/α,β-unsaturated/α-hetero) is 2. The Morgan fingerprint density at radius 2 is 1.61 bits per heavy atom. The monoisotopic (exact) mass is 1010 g/mol. The van der Waals surface area contributed by atoms with E-state index in [0.29, 0.717) is 76.2 Å². The maximum absolute atomic E-state index is 14.6. The second-order valence-electron chi connectivity index (χ2n) is 21.4. The number of rotatable bonds is 9. The van der Waals surface area contributed by atoms with Gasteiger partial charge in [0, 0.05) is 50.9 Å². The fraction of sp³-hybridized carbons (Fsp3) is 0.684. The zero-order chi connectivity index (χ0) is 52.7. The number of hydrogen-bond acceptors (Lipinski definition) is 14. The first-order chi connectivity index (χ1) is 34.3. The molecule has 2 saturated heterocycles. The highest BCUT2D eigenvalue weighted by molar-refractivity contribution is 6.39. The number of nitrogens with zero attached hydrogens (tertiary/aromatic N) is 2. The molecule has 1 aliphatic carbocycles. The average Bonchev–Trinajstić information content (AvgIpc) is 3.37. The van der Waals surface area contributed by atoms with Crippen molar-refractivity contribution in [1.82, 2.24) is 4.90 Å². The molecule has 15 nitrogen and oxygen atoms in total. The number of ketones is 2. The van der Waals surface area contributed by atoms with Gasteiger partial charge in [-0.05, 0) is 133 Å². The van der Waals surface area contributed by atoms with Crippen molar-refractivity contribution in [3.63, 3.8) is 0 Å². The fourth-order valence-corrected chi connectivity index (χ4v) is 11.4. The van der Waals surface area contributed by atoms with Crippen molar-refractivity contribution in [3.8, 4) is 0 Å². The number of benzene rings is 1. The number of aliphatic hydroxyl groups is 4. The van der Waals surface area contributed by atoms with Gasteiger partial charge in [-0.15, -0.1) is 0 Å². The molecule has 1 saturated carbocycles. The summed E-state index contributed by atoms with van der Waals surface area (Å²) in [4.78, 5) is 60.8. The van der Waals surface area contributed by atoms with E-state index in [1.807, 2.05) is 88.4 Å². The lowest BCUT2D eigenvalue weighted by atomic mass is 9.78. The van der Waals surface area contributed by atoms with E-state index in [9.17, 15) is 39.6 Å².